The number of amides is 1. The van der Waals surface area contributed by atoms with Crippen LogP contribution in [0.15, 0.2) is 84.9 Å². The Hall–Kier alpha value is -4.29. The first-order valence-electron chi connectivity index (χ1n) is 13.9. The number of likely N-dealkylation sites (N-methyl/N-ethyl adjacent to an activating group) is 1. The number of hydrogen-bond acceptors (Lipinski definition) is 5. The van der Waals surface area contributed by atoms with Gasteiger partial charge in [-0.15, -0.1) is 0 Å². The lowest BCUT2D eigenvalue weighted by atomic mass is 9.73. The van der Waals surface area contributed by atoms with E-state index >= 15 is 0 Å². The van der Waals surface area contributed by atoms with Crippen molar-refractivity contribution < 1.29 is 23.7 Å². The van der Waals surface area contributed by atoms with Gasteiger partial charge in [0.05, 0.1) is 6.61 Å². The van der Waals surface area contributed by atoms with Crippen molar-refractivity contribution in [1.29, 1.82) is 0 Å². The molecule has 6 heteroatoms. The molecule has 0 aromatic heterocycles. The minimum atomic E-state index is -0.868. The highest BCUT2D eigenvalue weighted by atomic mass is 16.5. The molecular weight excluding hydrogens is 502 g/mol. The third kappa shape index (κ3) is 4.02. The van der Waals surface area contributed by atoms with E-state index in [1.807, 2.05) is 67.7 Å². The number of para-hydroxylation sites is 1. The van der Waals surface area contributed by atoms with Gasteiger partial charge >= 0.3 is 0 Å². The van der Waals surface area contributed by atoms with Crippen LogP contribution < -0.4 is 19.1 Å². The number of anilines is 1. The van der Waals surface area contributed by atoms with Gasteiger partial charge in [0.15, 0.2) is 0 Å². The van der Waals surface area contributed by atoms with Crippen LogP contribution in [0.25, 0.3) is 11.1 Å². The summed E-state index contributed by atoms with van der Waals surface area (Å²) >= 11 is 0. The SMILES string of the molecule is C1CCOC1.CN1C(=O)C2(COc3cc4c(cc32)CCO4)c2c(-c3ccc(Oc4ccccc4)cc3)cccc21. The Morgan fingerprint density at radius 3 is 2.33 bits per heavy atom. The number of ether oxygens (including phenoxy) is 4. The van der Waals surface area contributed by atoms with Crippen molar-refractivity contribution in [2.75, 3.05) is 38.4 Å². The van der Waals surface area contributed by atoms with Crippen molar-refractivity contribution in [3.8, 4) is 34.1 Å². The highest BCUT2D eigenvalue weighted by molar-refractivity contribution is 6.13. The summed E-state index contributed by atoms with van der Waals surface area (Å²) in [6, 6.07) is 28.0. The number of hydrogen-bond donors (Lipinski definition) is 0. The Morgan fingerprint density at radius 2 is 1.57 bits per heavy atom. The number of carbonyl (C=O) groups excluding carboxylic acids is 1. The summed E-state index contributed by atoms with van der Waals surface area (Å²) in [4.78, 5) is 15.7. The zero-order valence-corrected chi connectivity index (χ0v) is 22.5. The fourth-order valence-corrected chi connectivity index (χ4v) is 6.16. The van der Waals surface area contributed by atoms with Gasteiger partial charge < -0.3 is 23.8 Å². The lowest BCUT2D eigenvalue weighted by Gasteiger charge is -2.24. The molecule has 4 aromatic carbocycles. The fourth-order valence-electron chi connectivity index (χ4n) is 6.16. The van der Waals surface area contributed by atoms with Gasteiger partial charge in [0.25, 0.3) is 0 Å². The number of fused-ring (bicyclic) bond motifs is 5. The van der Waals surface area contributed by atoms with Crippen molar-refractivity contribution in [3.63, 3.8) is 0 Å². The molecule has 1 unspecified atom stereocenters. The maximum absolute atomic E-state index is 13.9. The monoisotopic (exact) mass is 533 g/mol. The van der Waals surface area contributed by atoms with E-state index in [9.17, 15) is 4.79 Å². The van der Waals surface area contributed by atoms with Crippen LogP contribution in [-0.2, 0) is 21.4 Å². The maximum atomic E-state index is 13.9. The maximum Gasteiger partial charge on any atom is 0.245 e. The van der Waals surface area contributed by atoms with Crippen LogP contribution in [-0.4, -0.2) is 39.4 Å². The van der Waals surface area contributed by atoms with E-state index in [1.165, 1.54) is 12.8 Å². The van der Waals surface area contributed by atoms with Crippen molar-refractivity contribution >= 4 is 11.6 Å². The summed E-state index contributed by atoms with van der Waals surface area (Å²) < 4.78 is 22.8. The highest BCUT2D eigenvalue weighted by Gasteiger charge is 2.57. The largest absolute Gasteiger partial charge is 0.493 e. The molecule has 0 bridgehead atoms. The lowest BCUT2D eigenvalue weighted by Crippen LogP contribution is -2.41. The standard InChI is InChI=1S/C30H23NO4.C4H8O/c1-31-25-9-5-8-23(19-10-12-22(13-11-19)35-21-6-3-2-4-7-21)28(25)30(29(31)32)18-34-27-17-26-20(14-15-33-26)16-24(27)30;1-2-4-5-3-1/h2-13,16-17H,14-15,18H2,1H3;1-4H2. The van der Waals surface area contributed by atoms with Crippen LogP contribution in [0.5, 0.6) is 23.0 Å². The Bertz CT molecular complexity index is 1550. The average molecular weight is 534 g/mol. The quantitative estimate of drug-likeness (QED) is 0.300. The van der Waals surface area contributed by atoms with Crippen LogP contribution in [0.2, 0.25) is 0 Å². The van der Waals surface area contributed by atoms with E-state index in [0.717, 1.165) is 76.1 Å². The van der Waals surface area contributed by atoms with Crippen LogP contribution in [0.3, 0.4) is 0 Å². The molecule has 1 amide bonds. The van der Waals surface area contributed by atoms with Gasteiger partial charge in [0.1, 0.15) is 35.0 Å². The predicted octanol–water partition coefficient (Wildman–Crippen LogP) is 6.53. The number of benzene rings is 4. The molecule has 1 atom stereocenters. The second-order valence-corrected chi connectivity index (χ2v) is 10.6. The molecule has 0 aliphatic carbocycles. The number of carbonyl (C=O) groups is 1. The summed E-state index contributed by atoms with van der Waals surface area (Å²) in [6.45, 7) is 2.95. The van der Waals surface area contributed by atoms with E-state index in [4.69, 9.17) is 18.9 Å². The van der Waals surface area contributed by atoms with Crippen LogP contribution in [0, 0.1) is 0 Å². The summed E-state index contributed by atoms with van der Waals surface area (Å²) in [5.41, 5.74) is 5.19. The Kier molecular flexibility index (Phi) is 6.20. The van der Waals surface area contributed by atoms with E-state index < -0.39 is 5.41 Å². The topological polar surface area (TPSA) is 57.2 Å². The molecule has 0 radical (unpaired) electrons. The van der Waals surface area contributed by atoms with Crippen LogP contribution in [0.4, 0.5) is 5.69 Å². The molecule has 4 aromatic rings. The zero-order valence-electron chi connectivity index (χ0n) is 22.5. The molecule has 1 saturated heterocycles. The third-order valence-electron chi connectivity index (χ3n) is 8.17. The molecule has 4 heterocycles. The number of nitrogens with zero attached hydrogens (tertiary/aromatic N) is 1. The minimum Gasteiger partial charge on any atom is -0.493 e. The molecular formula is C34H31NO5. The zero-order chi connectivity index (χ0) is 27.1. The second-order valence-electron chi connectivity index (χ2n) is 10.6. The van der Waals surface area contributed by atoms with Crippen molar-refractivity contribution in [3.05, 3.63) is 102 Å². The van der Waals surface area contributed by atoms with Crippen molar-refractivity contribution in [2.45, 2.75) is 24.7 Å². The molecule has 0 N–H and O–H groups in total. The minimum absolute atomic E-state index is 0.0431. The predicted molar refractivity (Wildman–Crippen MR) is 154 cm³/mol. The molecule has 8 rings (SSSR count). The van der Waals surface area contributed by atoms with Gasteiger partial charge in [-0.2, -0.15) is 0 Å². The molecule has 1 spiro atoms. The number of rotatable bonds is 3. The Morgan fingerprint density at radius 1 is 0.800 bits per heavy atom. The normalized spacial score (nSPS) is 19.8. The van der Waals surface area contributed by atoms with Crippen molar-refractivity contribution in [1.82, 2.24) is 0 Å². The average Bonchev–Trinajstić information content (AvgIpc) is 3.81. The van der Waals surface area contributed by atoms with E-state index in [2.05, 4.69) is 24.3 Å². The Labute approximate surface area is 234 Å². The molecule has 202 valence electrons. The summed E-state index contributed by atoms with van der Waals surface area (Å²) in [7, 11) is 1.85. The highest BCUT2D eigenvalue weighted by Crippen LogP contribution is 2.56. The molecule has 6 nitrogen and oxygen atoms in total. The lowest BCUT2D eigenvalue weighted by molar-refractivity contribution is -0.121. The van der Waals surface area contributed by atoms with Gasteiger partial charge in [-0.25, -0.2) is 0 Å². The van der Waals surface area contributed by atoms with Crippen molar-refractivity contribution in [2.24, 2.45) is 0 Å². The molecule has 4 aliphatic rings. The second kappa shape index (κ2) is 10.0. The first kappa shape index (κ1) is 24.7. The van der Waals surface area contributed by atoms with Gasteiger partial charge in [0, 0.05) is 49.6 Å². The first-order chi connectivity index (χ1) is 19.6. The van der Waals surface area contributed by atoms with E-state index in [1.54, 1.807) is 4.90 Å². The summed E-state index contributed by atoms with van der Waals surface area (Å²) in [6.07, 6.45) is 3.40. The summed E-state index contributed by atoms with van der Waals surface area (Å²) in [5, 5.41) is 0. The van der Waals surface area contributed by atoms with Gasteiger partial charge in [-0.1, -0.05) is 42.5 Å². The molecule has 40 heavy (non-hydrogen) atoms. The van der Waals surface area contributed by atoms with Crippen LogP contribution in [0.1, 0.15) is 29.5 Å². The molecule has 1 fully saturated rings. The van der Waals surface area contributed by atoms with Gasteiger partial charge in [-0.3, -0.25) is 4.79 Å². The van der Waals surface area contributed by atoms with E-state index in [0.29, 0.717) is 6.61 Å². The Balaban J connectivity index is 0.000000480. The fraction of sp³-hybridized carbons (Fsp3) is 0.265. The first-order valence-corrected chi connectivity index (χ1v) is 13.9. The van der Waals surface area contributed by atoms with Crippen LogP contribution >= 0.6 is 0 Å². The smallest absolute Gasteiger partial charge is 0.245 e. The molecule has 4 aliphatic heterocycles. The summed E-state index contributed by atoms with van der Waals surface area (Å²) in [5.74, 6) is 3.20. The van der Waals surface area contributed by atoms with E-state index in [-0.39, 0.29) is 12.5 Å². The molecule has 0 saturated carbocycles. The van der Waals surface area contributed by atoms with Gasteiger partial charge in [-0.05, 0) is 65.9 Å². The van der Waals surface area contributed by atoms with Gasteiger partial charge in [0.2, 0.25) is 5.91 Å². The third-order valence-corrected chi connectivity index (χ3v) is 8.17.